The number of carboxylic acid groups (broad SMARTS) is 1. The summed E-state index contributed by atoms with van der Waals surface area (Å²) in [6.07, 6.45) is 9.15. The van der Waals surface area contributed by atoms with E-state index < -0.39 is 12.0 Å². The topological polar surface area (TPSA) is 101 Å². The lowest BCUT2D eigenvalue weighted by Gasteiger charge is -2.35. The number of nitrogens with one attached hydrogen (secondary N) is 2. The van der Waals surface area contributed by atoms with E-state index in [1.807, 2.05) is 0 Å². The molecule has 0 spiro atoms. The average Bonchev–Trinajstić information content (AvgIpc) is 2.77. The summed E-state index contributed by atoms with van der Waals surface area (Å²) in [7, 11) is 0. The van der Waals surface area contributed by atoms with Gasteiger partial charge in [-0.3, -0.25) is 4.79 Å². The van der Waals surface area contributed by atoms with Crippen molar-refractivity contribution in [1.29, 1.82) is 0 Å². The molecule has 2 aliphatic rings. The van der Waals surface area contributed by atoms with Gasteiger partial charge in [-0.2, -0.15) is 0 Å². The van der Waals surface area contributed by atoms with Gasteiger partial charge in [-0.1, -0.05) is 32.8 Å². The minimum atomic E-state index is -0.995. The first-order valence-corrected chi connectivity index (χ1v) is 12.3. The van der Waals surface area contributed by atoms with Crippen LogP contribution in [0.1, 0.15) is 76.5 Å². The van der Waals surface area contributed by atoms with Crippen LogP contribution in [-0.4, -0.2) is 47.3 Å². The molecular formula is C25H39N3O4. The van der Waals surface area contributed by atoms with Crippen LogP contribution in [0.5, 0.6) is 0 Å². The van der Waals surface area contributed by atoms with Gasteiger partial charge in [-0.25, -0.2) is 9.78 Å². The Labute approximate surface area is 191 Å². The van der Waals surface area contributed by atoms with Crippen LogP contribution >= 0.6 is 0 Å². The normalized spacial score (nSPS) is 20.7. The summed E-state index contributed by atoms with van der Waals surface area (Å²) in [5.41, 5.74) is 2.47. The summed E-state index contributed by atoms with van der Waals surface area (Å²) in [5.74, 6) is 0.829. The van der Waals surface area contributed by atoms with Gasteiger partial charge in [-0.15, -0.1) is 0 Å². The molecule has 3 N–H and O–H groups in total. The van der Waals surface area contributed by atoms with Crippen molar-refractivity contribution in [2.45, 2.75) is 90.2 Å². The maximum absolute atomic E-state index is 12.1. The van der Waals surface area contributed by atoms with Gasteiger partial charge in [0.2, 0.25) is 5.91 Å². The van der Waals surface area contributed by atoms with Gasteiger partial charge in [0.1, 0.15) is 11.9 Å². The third-order valence-electron chi connectivity index (χ3n) is 6.98. The number of carboxylic acids is 1. The van der Waals surface area contributed by atoms with Gasteiger partial charge >= 0.3 is 5.97 Å². The monoisotopic (exact) mass is 445 g/mol. The molecule has 7 nitrogen and oxygen atoms in total. The number of aryl methyl sites for hydroxylation is 2. The molecular weight excluding hydrogens is 406 g/mol. The Morgan fingerprint density at radius 2 is 2.06 bits per heavy atom. The first-order valence-electron chi connectivity index (χ1n) is 12.3. The third kappa shape index (κ3) is 7.19. The molecule has 32 heavy (non-hydrogen) atoms. The summed E-state index contributed by atoms with van der Waals surface area (Å²) < 4.78 is 5.88. The van der Waals surface area contributed by atoms with E-state index in [0.717, 1.165) is 63.0 Å². The van der Waals surface area contributed by atoms with Crippen LogP contribution < -0.4 is 10.6 Å². The third-order valence-corrected chi connectivity index (χ3v) is 6.98. The van der Waals surface area contributed by atoms with Crippen molar-refractivity contribution in [3.05, 3.63) is 23.4 Å². The largest absolute Gasteiger partial charge is 0.480 e. The van der Waals surface area contributed by atoms with Crippen LogP contribution in [0.25, 0.3) is 0 Å². The molecule has 0 radical (unpaired) electrons. The summed E-state index contributed by atoms with van der Waals surface area (Å²) >= 11 is 0. The Kier molecular flexibility index (Phi) is 9.33. The Balaban J connectivity index is 1.31. The lowest BCUT2D eigenvalue weighted by atomic mass is 9.79. The number of ether oxygens (including phenoxy) is 1. The fourth-order valence-corrected chi connectivity index (χ4v) is 4.61. The number of fused-ring (bicyclic) bond motifs is 1. The minimum Gasteiger partial charge on any atom is -0.480 e. The van der Waals surface area contributed by atoms with E-state index in [2.05, 4.69) is 36.6 Å². The van der Waals surface area contributed by atoms with E-state index in [4.69, 9.17) is 9.72 Å². The number of anilines is 1. The van der Waals surface area contributed by atoms with Crippen LogP contribution in [0.15, 0.2) is 12.1 Å². The molecule has 1 aromatic rings. The van der Waals surface area contributed by atoms with Crippen LogP contribution in [0.2, 0.25) is 0 Å². The average molecular weight is 446 g/mol. The zero-order valence-electron chi connectivity index (χ0n) is 19.6. The van der Waals surface area contributed by atoms with Gasteiger partial charge < -0.3 is 20.5 Å². The molecule has 3 rings (SSSR count). The highest BCUT2D eigenvalue weighted by Crippen LogP contribution is 2.34. The Bertz CT molecular complexity index is 760. The predicted octanol–water partition coefficient (Wildman–Crippen LogP) is 3.95. The highest BCUT2D eigenvalue weighted by Gasteiger charge is 2.30. The molecule has 2 heterocycles. The number of rotatable bonds is 13. The van der Waals surface area contributed by atoms with Crippen molar-refractivity contribution in [3.8, 4) is 0 Å². The van der Waals surface area contributed by atoms with Crippen molar-refractivity contribution in [1.82, 2.24) is 10.3 Å². The van der Waals surface area contributed by atoms with Crippen LogP contribution in [0, 0.1) is 11.8 Å². The van der Waals surface area contributed by atoms with Gasteiger partial charge in [0.25, 0.3) is 0 Å². The first-order chi connectivity index (χ1) is 15.5. The Morgan fingerprint density at radius 1 is 1.28 bits per heavy atom. The second-order valence-corrected chi connectivity index (χ2v) is 9.34. The number of aromatic nitrogens is 1. The molecule has 1 fully saturated rings. The molecule has 1 saturated carbocycles. The number of hydrogen-bond donors (Lipinski definition) is 3. The summed E-state index contributed by atoms with van der Waals surface area (Å²) in [4.78, 5) is 28.4. The van der Waals surface area contributed by atoms with Crippen LogP contribution in [0.3, 0.4) is 0 Å². The number of nitrogens with zero attached hydrogens (tertiary/aromatic N) is 1. The second kappa shape index (κ2) is 12.2. The van der Waals surface area contributed by atoms with E-state index in [9.17, 15) is 14.7 Å². The highest BCUT2D eigenvalue weighted by atomic mass is 16.5. The molecule has 1 unspecified atom stereocenters. The number of pyridine rings is 1. The fourth-order valence-electron chi connectivity index (χ4n) is 4.61. The SMILES string of the molecule is CCC(CC)CC(=O)NC(CCOC1CC(CCc2ccc3c(n2)NCCC3)C1)C(=O)O. The lowest BCUT2D eigenvalue weighted by molar-refractivity contribution is -0.143. The van der Waals surface area contributed by atoms with E-state index in [1.54, 1.807) is 0 Å². The molecule has 1 atom stereocenters. The van der Waals surface area contributed by atoms with E-state index in [0.29, 0.717) is 31.3 Å². The molecule has 1 amide bonds. The Hall–Kier alpha value is -2.15. The van der Waals surface area contributed by atoms with Crippen molar-refractivity contribution in [2.75, 3.05) is 18.5 Å². The second-order valence-electron chi connectivity index (χ2n) is 9.34. The fraction of sp³-hybridized carbons (Fsp3) is 0.720. The lowest BCUT2D eigenvalue weighted by Crippen LogP contribution is -2.42. The number of carbonyl (C=O) groups excluding carboxylic acids is 1. The minimum absolute atomic E-state index is 0.180. The maximum Gasteiger partial charge on any atom is 0.326 e. The smallest absolute Gasteiger partial charge is 0.326 e. The molecule has 1 aromatic heterocycles. The van der Waals surface area contributed by atoms with Crippen molar-refractivity contribution in [2.24, 2.45) is 11.8 Å². The highest BCUT2D eigenvalue weighted by molar-refractivity contribution is 5.83. The predicted molar refractivity (Wildman–Crippen MR) is 125 cm³/mol. The van der Waals surface area contributed by atoms with E-state index in [-0.39, 0.29) is 12.0 Å². The van der Waals surface area contributed by atoms with Gasteiger partial charge in [0, 0.05) is 31.7 Å². The van der Waals surface area contributed by atoms with Gasteiger partial charge in [0.05, 0.1) is 6.10 Å². The van der Waals surface area contributed by atoms with Crippen molar-refractivity contribution in [3.63, 3.8) is 0 Å². The molecule has 0 bridgehead atoms. The van der Waals surface area contributed by atoms with Gasteiger partial charge in [0.15, 0.2) is 0 Å². The summed E-state index contributed by atoms with van der Waals surface area (Å²) in [6.45, 7) is 5.47. The molecule has 1 aliphatic carbocycles. The number of carbonyl (C=O) groups is 2. The quantitative estimate of drug-likeness (QED) is 0.425. The maximum atomic E-state index is 12.1. The summed E-state index contributed by atoms with van der Waals surface area (Å²) in [5, 5.41) is 15.5. The molecule has 178 valence electrons. The van der Waals surface area contributed by atoms with Crippen LogP contribution in [-0.2, 0) is 27.2 Å². The first kappa shape index (κ1) is 24.5. The molecule has 0 saturated heterocycles. The number of aliphatic carboxylic acids is 1. The summed E-state index contributed by atoms with van der Waals surface area (Å²) in [6, 6.07) is 3.48. The number of hydrogen-bond acceptors (Lipinski definition) is 5. The molecule has 1 aliphatic heterocycles. The molecule has 7 heteroatoms. The molecule has 0 aromatic carbocycles. The van der Waals surface area contributed by atoms with Crippen molar-refractivity contribution >= 4 is 17.7 Å². The van der Waals surface area contributed by atoms with Gasteiger partial charge in [-0.05, 0) is 62.0 Å². The Morgan fingerprint density at radius 3 is 2.78 bits per heavy atom. The zero-order valence-corrected chi connectivity index (χ0v) is 19.6. The van der Waals surface area contributed by atoms with E-state index in [1.165, 1.54) is 12.0 Å². The van der Waals surface area contributed by atoms with Crippen molar-refractivity contribution < 1.29 is 19.4 Å². The standard InChI is InChI=1S/C25H39N3O4/c1-3-17(4-2)16-23(29)28-22(25(30)31)11-13-32-21-14-18(15-21)7-9-20-10-8-19-6-5-12-26-24(19)27-20/h8,10,17-18,21-22H,3-7,9,11-16H2,1-2H3,(H,26,27)(H,28,29)(H,30,31). The van der Waals surface area contributed by atoms with Crippen LogP contribution in [0.4, 0.5) is 5.82 Å². The van der Waals surface area contributed by atoms with E-state index >= 15 is 0 Å². The zero-order chi connectivity index (χ0) is 22.9. The number of amides is 1.